The zero-order valence-corrected chi connectivity index (χ0v) is 13.2. The van der Waals surface area contributed by atoms with E-state index in [2.05, 4.69) is 0 Å². The summed E-state index contributed by atoms with van der Waals surface area (Å²) in [6.07, 6.45) is -2.49. The topological polar surface area (TPSA) is 89.9 Å². The molecule has 0 saturated carbocycles. The standard InChI is InChI=1S/C19H16O6/c20-15-11-14(18(21)22)17(24-15)19(23)25-16(12-7-3-1-4-8-12)13-9-5-2-6-10-13/h1-10,14,16-17H,11H2,(H,21,22). The highest BCUT2D eigenvalue weighted by atomic mass is 16.6. The molecule has 1 N–H and O–H groups in total. The normalized spacial score (nSPS) is 19.5. The van der Waals surface area contributed by atoms with E-state index in [0.717, 1.165) is 11.1 Å². The second kappa shape index (κ2) is 7.17. The highest BCUT2D eigenvalue weighted by Gasteiger charge is 2.46. The van der Waals surface area contributed by atoms with Gasteiger partial charge in [-0.1, -0.05) is 60.7 Å². The van der Waals surface area contributed by atoms with Crippen molar-refractivity contribution >= 4 is 17.9 Å². The number of benzene rings is 2. The monoisotopic (exact) mass is 340 g/mol. The van der Waals surface area contributed by atoms with Crippen molar-refractivity contribution in [2.45, 2.75) is 18.6 Å². The maximum Gasteiger partial charge on any atom is 0.349 e. The average Bonchev–Trinajstić information content (AvgIpc) is 3.03. The van der Waals surface area contributed by atoms with Crippen LogP contribution >= 0.6 is 0 Å². The van der Waals surface area contributed by atoms with Crippen LogP contribution in [0.3, 0.4) is 0 Å². The van der Waals surface area contributed by atoms with E-state index in [0.29, 0.717) is 0 Å². The minimum atomic E-state index is -1.43. The van der Waals surface area contributed by atoms with Gasteiger partial charge in [-0.3, -0.25) is 9.59 Å². The highest BCUT2D eigenvalue weighted by Crippen LogP contribution is 2.30. The molecule has 128 valence electrons. The molecule has 1 fully saturated rings. The molecule has 1 saturated heterocycles. The molecule has 6 heteroatoms. The number of carboxylic acid groups (broad SMARTS) is 1. The number of aliphatic carboxylic acids is 1. The molecular weight excluding hydrogens is 324 g/mol. The Hall–Kier alpha value is -3.15. The molecule has 2 aromatic carbocycles. The summed E-state index contributed by atoms with van der Waals surface area (Å²) in [4.78, 5) is 35.2. The Balaban J connectivity index is 1.87. The molecule has 0 aliphatic carbocycles. The van der Waals surface area contributed by atoms with Crippen LogP contribution in [0.4, 0.5) is 0 Å². The smallest absolute Gasteiger partial charge is 0.349 e. The summed E-state index contributed by atoms with van der Waals surface area (Å²) in [5.74, 6) is -4.07. The Bertz CT molecular complexity index is 732. The number of rotatable bonds is 5. The number of hydrogen-bond acceptors (Lipinski definition) is 5. The van der Waals surface area contributed by atoms with Crippen molar-refractivity contribution < 1.29 is 29.0 Å². The minimum Gasteiger partial charge on any atom is -0.481 e. The molecule has 0 radical (unpaired) electrons. The third kappa shape index (κ3) is 3.68. The van der Waals surface area contributed by atoms with Gasteiger partial charge in [0.1, 0.15) is 5.92 Å². The number of esters is 2. The summed E-state index contributed by atoms with van der Waals surface area (Å²) in [7, 11) is 0. The number of carboxylic acids is 1. The van der Waals surface area contributed by atoms with Crippen LogP contribution in [0.15, 0.2) is 60.7 Å². The Labute approximate surface area is 144 Å². The number of hydrogen-bond donors (Lipinski definition) is 1. The highest BCUT2D eigenvalue weighted by molar-refractivity contribution is 5.91. The minimum absolute atomic E-state index is 0.337. The second-order valence-electron chi connectivity index (χ2n) is 5.70. The van der Waals surface area contributed by atoms with Crippen molar-refractivity contribution in [3.8, 4) is 0 Å². The number of ether oxygens (including phenoxy) is 2. The van der Waals surface area contributed by atoms with Crippen LogP contribution in [-0.4, -0.2) is 29.1 Å². The van der Waals surface area contributed by atoms with Crippen molar-refractivity contribution in [2.75, 3.05) is 0 Å². The first-order valence-electron chi connectivity index (χ1n) is 7.79. The molecule has 6 nitrogen and oxygen atoms in total. The summed E-state index contributed by atoms with van der Waals surface area (Å²) in [6, 6.07) is 18.2. The van der Waals surface area contributed by atoms with Crippen LogP contribution in [0.1, 0.15) is 23.7 Å². The van der Waals surface area contributed by atoms with Gasteiger partial charge in [-0.15, -0.1) is 0 Å². The SMILES string of the molecule is O=C1CC(C(=O)O)C(C(=O)OC(c2ccccc2)c2ccccc2)O1. The van der Waals surface area contributed by atoms with Gasteiger partial charge >= 0.3 is 17.9 Å². The van der Waals surface area contributed by atoms with E-state index in [1.54, 1.807) is 24.3 Å². The second-order valence-corrected chi connectivity index (χ2v) is 5.70. The van der Waals surface area contributed by atoms with Gasteiger partial charge in [-0.05, 0) is 11.1 Å². The van der Waals surface area contributed by atoms with Crippen molar-refractivity contribution in [3.05, 3.63) is 71.8 Å². The first kappa shape index (κ1) is 16.7. The zero-order valence-electron chi connectivity index (χ0n) is 13.2. The summed E-state index contributed by atoms with van der Waals surface area (Å²) in [5.41, 5.74) is 1.47. The lowest BCUT2D eigenvalue weighted by Crippen LogP contribution is -2.34. The Morgan fingerprint density at radius 3 is 2.00 bits per heavy atom. The van der Waals surface area contributed by atoms with Gasteiger partial charge in [0.2, 0.25) is 6.10 Å². The quantitative estimate of drug-likeness (QED) is 0.840. The van der Waals surface area contributed by atoms with Crippen LogP contribution in [0.25, 0.3) is 0 Å². The van der Waals surface area contributed by atoms with Gasteiger partial charge in [0.25, 0.3) is 0 Å². The third-order valence-corrected chi connectivity index (χ3v) is 4.00. The Kier molecular flexibility index (Phi) is 4.79. The van der Waals surface area contributed by atoms with E-state index < -0.39 is 36.0 Å². The largest absolute Gasteiger partial charge is 0.481 e. The van der Waals surface area contributed by atoms with E-state index in [1.165, 1.54) is 0 Å². The molecule has 3 rings (SSSR count). The molecule has 0 bridgehead atoms. The molecule has 1 heterocycles. The molecule has 2 unspecified atom stereocenters. The van der Waals surface area contributed by atoms with Crippen LogP contribution < -0.4 is 0 Å². The van der Waals surface area contributed by atoms with Gasteiger partial charge in [0, 0.05) is 0 Å². The first-order valence-corrected chi connectivity index (χ1v) is 7.79. The lowest BCUT2D eigenvalue weighted by Gasteiger charge is -2.21. The van der Waals surface area contributed by atoms with Crippen LogP contribution in [-0.2, 0) is 23.9 Å². The van der Waals surface area contributed by atoms with Crippen molar-refractivity contribution in [3.63, 3.8) is 0 Å². The first-order chi connectivity index (χ1) is 12.1. The third-order valence-electron chi connectivity index (χ3n) is 4.00. The van der Waals surface area contributed by atoms with Crippen molar-refractivity contribution in [1.29, 1.82) is 0 Å². The zero-order chi connectivity index (χ0) is 17.8. The average molecular weight is 340 g/mol. The maximum absolute atomic E-state index is 12.5. The van der Waals surface area contributed by atoms with Crippen molar-refractivity contribution in [2.24, 2.45) is 5.92 Å². The van der Waals surface area contributed by atoms with Crippen LogP contribution in [0, 0.1) is 5.92 Å². The van der Waals surface area contributed by atoms with E-state index in [9.17, 15) is 19.5 Å². The predicted octanol–water partition coefficient (Wildman–Crippen LogP) is 2.34. The van der Waals surface area contributed by atoms with E-state index in [4.69, 9.17) is 9.47 Å². The van der Waals surface area contributed by atoms with Crippen LogP contribution in [0.2, 0.25) is 0 Å². The maximum atomic E-state index is 12.5. The molecule has 2 aromatic rings. The fraction of sp³-hybridized carbons (Fsp3) is 0.211. The molecule has 0 aromatic heterocycles. The lowest BCUT2D eigenvalue weighted by molar-refractivity contribution is -0.168. The number of carbonyl (C=O) groups is 3. The predicted molar refractivity (Wildman–Crippen MR) is 86.4 cm³/mol. The molecule has 1 aliphatic rings. The molecule has 2 atom stereocenters. The molecule has 1 aliphatic heterocycles. The Morgan fingerprint density at radius 2 is 1.52 bits per heavy atom. The van der Waals surface area contributed by atoms with E-state index in [1.807, 2.05) is 36.4 Å². The fourth-order valence-corrected chi connectivity index (χ4v) is 2.76. The summed E-state index contributed by atoms with van der Waals surface area (Å²) in [5, 5.41) is 9.18. The molecule has 25 heavy (non-hydrogen) atoms. The van der Waals surface area contributed by atoms with E-state index >= 15 is 0 Å². The lowest BCUT2D eigenvalue weighted by atomic mass is 10.00. The summed E-state index contributed by atoms with van der Waals surface area (Å²) >= 11 is 0. The van der Waals surface area contributed by atoms with Crippen molar-refractivity contribution in [1.82, 2.24) is 0 Å². The number of cyclic esters (lactones) is 1. The fourth-order valence-electron chi connectivity index (χ4n) is 2.76. The molecular formula is C19H16O6. The van der Waals surface area contributed by atoms with Gasteiger partial charge in [-0.2, -0.15) is 0 Å². The van der Waals surface area contributed by atoms with E-state index in [-0.39, 0.29) is 6.42 Å². The summed E-state index contributed by atoms with van der Waals surface area (Å²) in [6.45, 7) is 0. The molecule has 0 amide bonds. The van der Waals surface area contributed by atoms with Gasteiger partial charge in [0.15, 0.2) is 6.10 Å². The molecule has 0 spiro atoms. The van der Waals surface area contributed by atoms with Gasteiger partial charge in [0.05, 0.1) is 6.42 Å². The van der Waals surface area contributed by atoms with Crippen LogP contribution in [0.5, 0.6) is 0 Å². The summed E-state index contributed by atoms with van der Waals surface area (Å²) < 4.78 is 10.4. The Morgan fingerprint density at radius 1 is 1.00 bits per heavy atom. The van der Waals surface area contributed by atoms with Gasteiger partial charge < -0.3 is 14.6 Å². The number of carbonyl (C=O) groups excluding carboxylic acids is 2. The van der Waals surface area contributed by atoms with Gasteiger partial charge in [-0.25, -0.2) is 4.79 Å².